The van der Waals surface area contributed by atoms with Crippen LogP contribution in [0.1, 0.15) is 5.76 Å². The molecular formula is C11H8Cl2N2O. The Bertz CT molecular complexity index is 535. The Morgan fingerprint density at radius 3 is 2.62 bits per heavy atom. The van der Waals surface area contributed by atoms with E-state index in [2.05, 4.69) is 5.10 Å². The molecule has 0 unspecified atom stereocenters. The molecule has 82 valence electrons. The van der Waals surface area contributed by atoms with Crippen molar-refractivity contribution >= 4 is 29.4 Å². The average molecular weight is 255 g/mol. The van der Waals surface area contributed by atoms with E-state index in [-0.39, 0.29) is 0 Å². The summed E-state index contributed by atoms with van der Waals surface area (Å²) in [6, 6.07) is 8.88. The van der Waals surface area contributed by atoms with Gasteiger partial charge in [-0.2, -0.15) is 5.10 Å². The molecule has 1 heterocycles. The fourth-order valence-corrected chi connectivity index (χ4v) is 1.60. The minimum absolute atomic E-state index is 0.490. The molecule has 0 fully saturated rings. The number of halogens is 2. The highest BCUT2D eigenvalue weighted by atomic mass is 35.5. The van der Waals surface area contributed by atoms with Crippen LogP contribution < -0.4 is 5.84 Å². The molecule has 16 heavy (non-hydrogen) atoms. The van der Waals surface area contributed by atoms with E-state index in [9.17, 15) is 0 Å². The van der Waals surface area contributed by atoms with E-state index in [1.54, 1.807) is 18.2 Å². The summed E-state index contributed by atoms with van der Waals surface area (Å²) in [7, 11) is 0. The zero-order chi connectivity index (χ0) is 11.5. The standard InChI is InChI=1S/C11H8Cl2N2O/c12-9-3-1-7(5-10(9)13)11-4-2-8(16-11)6-15-14/h1-6H,14H2/b15-6+. The summed E-state index contributed by atoms with van der Waals surface area (Å²) in [6.45, 7) is 0. The highest BCUT2D eigenvalue weighted by Crippen LogP contribution is 2.29. The van der Waals surface area contributed by atoms with Gasteiger partial charge in [-0.25, -0.2) is 0 Å². The smallest absolute Gasteiger partial charge is 0.147 e. The molecule has 2 rings (SSSR count). The predicted molar refractivity (Wildman–Crippen MR) is 65.9 cm³/mol. The van der Waals surface area contributed by atoms with Crippen LogP contribution in [0.4, 0.5) is 0 Å². The lowest BCUT2D eigenvalue weighted by Crippen LogP contribution is -1.82. The molecule has 1 aromatic carbocycles. The molecule has 0 radical (unpaired) electrons. The summed E-state index contributed by atoms with van der Waals surface area (Å²) in [5, 5.41) is 4.38. The fraction of sp³-hybridized carbons (Fsp3) is 0. The van der Waals surface area contributed by atoms with Gasteiger partial charge in [0.1, 0.15) is 11.5 Å². The first-order chi connectivity index (χ1) is 7.70. The summed E-state index contributed by atoms with van der Waals surface area (Å²) in [5.74, 6) is 6.30. The van der Waals surface area contributed by atoms with Crippen molar-refractivity contribution < 1.29 is 4.42 Å². The Kier molecular flexibility index (Phi) is 3.17. The Balaban J connectivity index is 2.38. The Morgan fingerprint density at radius 2 is 1.94 bits per heavy atom. The molecule has 5 heteroatoms. The summed E-state index contributed by atoms with van der Waals surface area (Å²) < 4.78 is 5.47. The topological polar surface area (TPSA) is 51.5 Å². The Hall–Kier alpha value is -1.45. The van der Waals surface area contributed by atoms with Crippen molar-refractivity contribution in [2.45, 2.75) is 0 Å². The molecule has 0 aliphatic rings. The zero-order valence-electron chi connectivity index (χ0n) is 8.15. The molecule has 0 amide bonds. The van der Waals surface area contributed by atoms with Crippen LogP contribution in [0.3, 0.4) is 0 Å². The molecule has 0 bridgehead atoms. The van der Waals surface area contributed by atoms with Crippen LogP contribution >= 0.6 is 23.2 Å². The third-order valence-corrected chi connectivity index (χ3v) is 2.77. The molecule has 3 nitrogen and oxygen atoms in total. The highest BCUT2D eigenvalue weighted by Gasteiger charge is 2.05. The van der Waals surface area contributed by atoms with Gasteiger partial charge in [0, 0.05) is 5.56 Å². The first kappa shape index (κ1) is 11.0. The van der Waals surface area contributed by atoms with Gasteiger partial charge in [0.05, 0.1) is 16.3 Å². The molecule has 1 aromatic heterocycles. The summed E-state index contributed by atoms with van der Waals surface area (Å²) in [6.07, 6.45) is 1.43. The van der Waals surface area contributed by atoms with Crippen LogP contribution in [0.25, 0.3) is 11.3 Å². The van der Waals surface area contributed by atoms with Gasteiger partial charge in [0.15, 0.2) is 0 Å². The normalized spacial score (nSPS) is 11.1. The second-order valence-corrected chi connectivity index (χ2v) is 3.92. The molecular weight excluding hydrogens is 247 g/mol. The minimum atomic E-state index is 0.490. The molecule has 0 atom stereocenters. The van der Waals surface area contributed by atoms with Crippen molar-refractivity contribution in [3.63, 3.8) is 0 Å². The van der Waals surface area contributed by atoms with Crippen molar-refractivity contribution in [2.75, 3.05) is 0 Å². The van der Waals surface area contributed by atoms with E-state index >= 15 is 0 Å². The van der Waals surface area contributed by atoms with Gasteiger partial charge < -0.3 is 10.3 Å². The minimum Gasteiger partial charge on any atom is -0.455 e. The predicted octanol–water partition coefficient (Wildman–Crippen LogP) is 3.55. The number of benzene rings is 1. The van der Waals surface area contributed by atoms with Crippen LogP contribution in [-0.2, 0) is 0 Å². The Morgan fingerprint density at radius 1 is 1.12 bits per heavy atom. The number of hydrazone groups is 1. The van der Waals surface area contributed by atoms with Crippen LogP contribution in [-0.4, -0.2) is 6.21 Å². The highest BCUT2D eigenvalue weighted by molar-refractivity contribution is 6.42. The SMILES string of the molecule is N/N=C/c1ccc(-c2ccc(Cl)c(Cl)c2)o1. The van der Waals surface area contributed by atoms with Gasteiger partial charge in [0.2, 0.25) is 0 Å². The van der Waals surface area contributed by atoms with E-state index in [4.69, 9.17) is 33.5 Å². The van der Waals surface area contributed by atoms with E-state index < -0.39 is 0 Å². The van der Waals surface area contributed by atoms with E-state index in [1.807, 2.05) is 12.1 Å². The lowest BCUT2D eigenvalue weighted by molar-refractivity contribution is 0.575. The van der Waals surface area contributed by atoms with Crippen LogP contribution in [0, 0.1) is 0 Å². The number of nitrogens with two attached hydrogens (primary N) is 1. The van der Waals surface area contributed by atoms with Crippen LogP contribution in [0.15, 0.2) is 39.9 Å². The summed E-state index contributed by atoms with van der Waals surface area (Å²) in [4.78, 5) is 0. The first-order valence-electron chi connectivity index (χ1n) is 4.49. The maximum atomic E-state index is 5.91. The van der Waals surface area contributed by atoms with Gasteiger partial charge in [0.25, 0.3) is 0 Å². The number of hydrogen-bond donors (Lipinski definition) is 1. The molecule has 2 aromatic rings. The maximum Gasteiger partial charge on any atom is 0.147 e. The largest absolute Gasteiger partial charge is 0.455 e. The molecule has 0 spiro atoms. The lowest BCUT2D eigenvalue weighted by Gasteiger charge is -1.99. The Labute approximate surface area is 102 Å². The van der Waals surface area contributed by atoms with Crippen molar-refractivity contribution in [1.82, 2.24) is 0 Å². The number of nitrogens with zero attached hydrogens (tertiary/aromatic N) is 1. The average Bonchev–Trinajstić information content (AvgIpc) is 2.71. The number of rotatable bonds is 2. The molecule has 0 aliphatic heterocycles. The monoisotopic (exact) mass is 254 g/mol. The lowest BCUT2D eigenvalue weighted by atomic mass is 10.2. The van der Waals surface area contributed by atoms with E-state index in [0.29, 0.717) is 21.6 Å². The fourth-order valence-electron chi connectivity index (χ4n) is 1.30. The second-order valence-electron chi connectivity index (χ2n) is 3.11. The van der Waals surface area contributed by atoms with Gasteiger partial charge in [-0.3, -0.25) is 0 Å². The third kappa shape index (κ3) is 2.21. The van der Waals surface area contributed by atoms with Gasteiger partial charge in [-0.05, 0) is 30.3 Å². The number of hydrogen-bond acceptors (Lipinski definition) is 3. The van der Waals surface area contributed by atoms with Crippen LogP contribution in [0.2, 0.25) is 10.0 Å². The van der Waals surface area contributed by atoms with Crippen molar-refractivity contribution in [3.8, 4) is 11.3 Å². The maximum absolute atomic E-state index is 5.91. The second kappa shape index (κ2) is 4.60. The molecule has 0 saturated carbocycles. The molecule has 2 N–H and O–H groups in total. The van der Waals surface area contributed by atoms with Crippen LogP contribution in [0.5, 0.6) is 0 Å². The van der Waals surface area contributed by atoms with E-state index in [0.717, 1.165) is 5.56 Å². The first-order valence-corrected chi connectivity index (χ1v) is 5.25. The number of furan rings is 1. The summed E-state index contributed by atoms with van der Waals surface area (Å²) in [5.41, 5.74) is 0.853. The van der Waals surface area contributed by atoms with Gasteiger partial charge >= 0.3 is 0 Å². The molecule has 0 saturated heterocycles. The quantitative estimate of drug-likeness (QED) is 0.506. The van der Waals surface area contributed by atoms with Crippen molar-refractivity contribution in [2.24, 2.45) is 10.9 Å². The van der Waals surface area contributed by atoms with E-state index in [1.165, 1.54) is 6.21 Å². The third-order valence-electron chi connectivity index (χ3n) is 2.03. The van der Waals surface area contributed by atoms with Gasteiger partial charge in [-0.1, -0.05) is 23.2 Å². The van der Waals surface area contributed by atoms with Gasteiger partial charge in [-0.15, -0.1) is 0 Å². The van der Waals surface area contributed by atoms with Crippen molar-refractivity contribution in [1.29, 1.82) is 0 Å². The van der Waals surface area contributed by atoms with Crippen molar-refractivity contribution in [3.05, 3.63) is 46.1 Å². The summed E-state index contributed by atoms with van der Waals surface area (Å²) >= 11 is 11.7. The molecule has 0 aliphatic carbocycles. The zero-order valence-corrected chi connectivity index (χ0v) is 9.66.